The van der Waals surface area contributed by atoms with E-state index in [9.17, 15) is 14.7 Å². The lowest BCUT2D eigenvalue weighted by Gasteiger charge is -2.45. The summed E-state index contributed by atoms with van der Waals surface area (Å²) in [7, 11) is 0. The minimum atomic E-state index is -0.811. The Bertz CT molecular complexity index is 577. The molecule has 22 heavy (non-hydrogen) atoms. The van der Waals surface area contributed by atoms with Crippen LogP contribution in [0, 0.1) is 5.92 Å². The van der Waals surface area contributed by atoms with Crippen LogP contribution in [0.25, 0.3) is 0 Å². The number of carbonyl (C=O) groups excluding carboxylic acids is 1. The Morgan fingerprint density at radius 1 is 1.23 bits per heavy atom. The Balaban J connectivity index is 2.08. The van der Waals surface area contributed by atoms with Crippen molar-refractivity contribution < 1.29 is 14.7 Å². The molecule has 4 heteroatoms. The fourth-order valence-corrected chi connectivity index (χ4v) is 4.25. The fourth-order valence-electron chi connectivity index (χ4n) is 4.25. The second kappa shape index (κ2) is 6.11. The summed E-state index contributed by atoms with van der Waals surface area (Å²) in [5.41, 5.74) is 1.25. The van der Waals surface area contributed by atoms with Gasteiger partial charge in [-0.1, -0.05) is 37.5 Å². The van der Waals surface area contributed by atoms with E-state index in [4.69, 9.17) is 0 Å². The van der Waals surface area contributed by atoms with Crippen molar-refractivity contribution in [3.05, 3.63) is 35.4 Å². The number of carboxylic acid groups (broad SMARTS) is 1. The third-order valence-electron chi connectivity index (χ3n) is 5.23. The topological polar surface area (TPSA) is 57.6 Å². The maximum atomic E-state index is 12.8. The summed E-state index contributed by atoms with van der Waals surface area (Å²) in [4.78, 5) is 26.6. The average Bonchev–Trinajstić information content (AvgIpc) is 2.55. The van der Waals surface area contributed by atoms with Crippen LogP contribution in [0.4, 0.5) is 0 Å². The zero-order valence-electron chi connectivity index (χ0n) is 13.0. The van der Waals surface area contributed by atoms with Gasteiger partial charge >= 0.3 is 5.97 Å². The fraction of sp³-hybridized carbons (Fsp3) is 0.556. The van der Waals surface area contributed by atoms with Gasteiger partial charge in [0.15, 0.2) is 0 Å². The number of fused-ring (bicyclic) bond motifs is 1. The first-order chi connectivity index (χ1) is 10.6. The quantitative estimate of drug-likeness (QED) is 0.932. The Morgan fingerprint density at radius 2 is 1.91 bits per heavy atom. The van der Waals surface area contributed by atoms with Gasteiger partial charge in [-0.2, -0.15) is 0 Å². The smallest absolute Gasteiger partial charge is 0.313 e. The van der Waals surface area contributed by atoms with Gasteiger partial charge in [0.25, 0.3) is 5.91 Å². The lowest BCUT2D eigenvalue weighted by Crippen LogP contribution is -2.53. The van der Waals surface area contributed by atoms with Crippen molar-refractivity contribution in [2.24, 2.45) is 5.92 Å². The van der Waals surface area contributed by atoms with Crippen molar-refractivity contribution in [2.75, 3.05) is 6.54 Å². The Labute approximate surface area is 131 Å². The van der Waals surface area contributed by atoms with Crippen LogP contribution in [-0.4, -0.2) is 34.5 Å². The predicted octanol–water partition coefficient (Wildman–Crippen LogP) is 3.28. The van der Waals surface area contributed by atoms with Crippen molar-refractivity contribution in [2.45, 2.75) is 51.0 Å². The van der Waals surface area contributed by atoms with Gasteiger partial charge < -0.3 is 10.0 Å². The van der Waals surface area contributed by atoms with E-state index in [0.29, 0.717) is 23.6 Å². The molecule has 1 saturated carbocycles. The number of carboxylic acids is 1. The molecule has 1 aromatic rings. The molecule has 0 bridgehead atoms. The summed E-state index contributed by atoms with van der Waals surface area (Å²) >= 11 is 0. The highest BCUT2D eigenvalue weighted by Crippen LogP contribution is 2.41. The van der Waals surface area contributed by atoms with Crippen molar-refractivity contribution in [1.82, 2.24) is 4.90 Å². The highest BCUT2D eigenvalue weighted by molar-refractivity contribution is 6.00. The molecule has 118 valence electrons. The molecule has 1 aromatic carbocycles. The van der Waals surface area contributed by atoms with Crippen molar-refractivity contribution in [3.8, 4) is 0 Å². The molecule has 1 N–H and O–H groups in total. The molecule has 2 unspecified atom stereocenters. The molecule has 0 radical (unpaired) electrons. The van der Waals surface area contributed by atoms with Crippen molar-refractivity contribution in [1.29, 1.82) is 0 Å². The minimum Gasteiger partial charge on any atom is -0.481 e. The summed E-state index contributed by atoms with van der Waals surface area (Å²) in [5.74, 6) is -1.12. The molecular formula is C18H23NO3. The van der Waals surface area contributed by atoms with Crippen LogP contribution in [0.2, 0.25) is 0 Å². The molecule has 4 nitrogen and oxygen atoms in total. The van der Waals surface area contributed by atoms with E-state index >= 15 is 0 Å². The third kappa shape index (κ3) is 2.40. The number of benzene rings is 1. The van der Waals surface area contributed by atoms with Gasteiger partial charge in [0, 0.05) is 12.1 Å². The molecule has 0 saturated heterocycles. The molecular weight excluding hydrogens is 278 g/mol. The summed E-state index contributed by atoms with van der Waals surface area (Å²) in [6.07, 6.45) is 5.56. The standard InChI is InChI=1S/C18H23NO3/c1-2-19-16(12-8-4-3-5-9-12)15(18(21)22)13-10-6-7-11-14(13)17(19)20/h6-7,10-12,15-16H,2-5,8-9H2,1H3,(H,21,22). The molecule has 1 amide bonds. The van der Waals surface area contributed by atoms with Crippen molar-refractivity contribution in [3.63, 3.8) is 0 Å². The van der Waals surface area contributed by atoms with Gasteiger partial charge in [-0.15, -0.1) is 0 Å². The van der Waals surface area contributed by atoms with Crippen LogP contribution < -0.4 is 0 Å². The molecule has 3 rings (SSSR count). The van der Waals surface area contributed by atoms with Crippen LogP contribution in [0.1, 0.15) is 60.9 Å². The molecule has 1 fully saturated rings. The Kier molecular flexibility index (Phi) is 4.19. The lowest BCUT2D eigenvalue weighted by atomic mass is 9.72. The summed E-state index contributed by atoms with van der Waals surface area (Å²) in [6, 6.07) is 7.01. The van der Waals surface area contributed by atoms with Gasteiger partial charge in [0.2, 0.25) is 0 Å². The number of nitrogens with zero attached hydrogens (tertiary/aromatic N) is 1. The second-order valence-corrected chi connectivity index (χ2v) is 6.38. The molecule has 2 atom stereocenters. The number of aliphatic carboxylic acids is 1. The van der Waals surface area contributed by atoms with Gasteiger partial charge in [-0.3, -0.25) is 9.59 Å². The summed E-state index contributed by atoms with van der Waals surface area (Å²) in [5, 5.41) is 9.85. The van der Waals surface area contributed by atoms with E-state index in [-0.39, 0.29) is 11.9 Å². The number of hydrogen-bond donors (Lipinski definition) is 1. The number of carbonyl (C=O) groups is 2. The molecule has 1 aliphatic heterocycles. The van der Waals surface area contributed by atoms with Crippen LogP contribution in [-0.2, 0) is 4.79 Å². The lowest BCUT2D eigenvalue weighted by molar-refractivity contribution is -0.141. The van der Waals surface area contributed by atoms with E-state index in [0.717, 1.165) is 25.7 Å². The molecule has 0 aromatic heterocycles. The maximum Gasteiger partial charge on any atom is 0.313 e. The largest absolute Gasteiger partial charge is 0.481 e. The number of rotatable bonds is 3. The monoisotopic (exact) mass is 301 g/mol. The van der Waals surface area contributed by atoms with E-state index in [1.807, 2.05) is 25.1 Å². The summed E-state index contributed by atoms with van der Waals surface area (Å²) < 4.78 is 0. The van der Waals surface area contributed by atoms with Crippen molar-refractivity contribution >= 4 is 11.9 Å². The van der Waals surface area contributed by atoms with E-state index in [1.54, 1.807) is 11.0 Å². The highest BCUT2D eigenvalue weighted by Gasteiger charge is 2.46. The molecule has 1 heterocycles. The first-order valence-electron chi connectivity index (χ1n) is 8.27. The highest BCUT2D eigenvalue weighted by atomic mass is 16.4. The zero-order valence-corrected chi connectivity index (χ0v) is 13.0. The van der Waals surface area contributed by atoms with Crippen LogP contribution in [0.15, 0.2) is 24.3 Å². The molecule has 0 spiro atoms. The first-order valence-corrected chi connectivity index (χ1v) is 8.27. The summed E-state index contributed by atoms with van der Waals surface area (Å²) in [6.45, 7) is 2.51. The van der Waals surface area contributed by atoms with Crippen LogP contribution >= 0.6 is 0 Å². The van der Waals surface area contributed by atoms with Gasteiger partial charge in [0.05, 0.1) is 6.04 Å². The molecule has 2 aliphatic rings. The van der Waals surface area contributed by atoms with Crippen LogP contribution in [0.3, 0.4) is 0 Å². The first kappa shape index (κ1) is 15.1. The van der Waals surface area contributed by atoms with E-state index < -0.39 is 11.9 Å². The normalized spacial score (nSPS) is 25.9. The van der Waals surface area contributed by atoms with Gasteiger partial charge in [-0.05, 0) is 37.3 Å². The van der Waals surface area contributed by atoms with Crippen LogP contribution in [0.5, 0.6) is 0 Å². The number of hydrogen-bond acceptors (Lipinski definition) is 2. The van der Waals surface area contributed by atoms with Gasteiger partial charge in [0.1, 0.15) is 5.92 Å². The Hall–Kier alpha value is -1.84. The zero-order chi connectivity index (χ0) is 15.7. The number of likely N-dealkylation sites (N-methyl/N-ethyl adjacent to an activating group) is 1. The van der Waals surface area contributed by atoms with Gasteiger partial charge in [-0.25, -0.2) is 0 Å². The SMILES string of the molecule is CCN1C(=O)c2ccccc2C(C(=O)O)C1C1CCCCC1. The maximum absolute atomic E-state index is 12.8. The Morgan fingerprint density at radius 3 is 2.55 bits per heavy atom. The van der Waals surface area contributed by atoms with E-state index in [2.05, 4.69) is 0 Å². The number of amides is 1. The average molecular weight is 301 g/mol. The molecule has 1 aliphatic carbocycles. The predicted molar refractivity (Wildman–Crippen MR) is 83.9 cm³/mol. The minimum absolute atomic E-state index is 0.00817. The van der Waals surface area contributed by atoms with E-state index in [1.165, 1.54) is 6.42 Å². The second-order valence-electron chi connectivity index (χ2n) is 6.38. The third-order valence-corrected chi connectivity index (χ3v) is 5.23.